The van der Waals surface area contributed by atoms with Crippen LogP contribution in [0.5, 0.6) is 5.75 Å². The number of amides is 2. The molecular weight excluding hydrogens is 559 g/mol. The lowest BCUT2D eigenvalue weighted by molar-refractivity contribution is -0.119. The minimum absolute atomic E-state index is 0.0696. The van der Waals surface area contributed by atoms with E-state index in [0.717, 1.165) is 15.4 Å². The fourth-order valence-corrected chi connectivity index (χ4v) is 5.16. The number of hydrazone groups is 1. The lowest BCUT2D eigenvalue weighted by Crippen LogP contribution is -2.39. The highest BCUT2D eigenvalue weighted by Gasteiger charge is 2.27. The van der Waals surface area contributed by atoms with Crippen LogP contribution in [0.2, 0.25) is 0 Å². The number of ether oxygens (including phenoxy) is 1. The van der Waals surface area contributed by atoms with E-state index >= 15 is 0 Å². The van der Waals surface area contributed by atoms with E-state index in [2.05, 4.69) is 15.8 Å². The zero-order valence-electron chi connectivity index (χ0n) is 23.0. The number of nitrogens with one attached hydrogen (secondary N) is 2. The Morgan fingerprint density at radius 1 is 0.833 bits per heavy atom. The maximum Gasteiger partial charge on any atom is 0.264 e. The molecule has 0 unspecified atom stereocenters. The standard InChI is InChI=1S/C31H29FN4O5S/c1-22-3-13-27(14-4-22)36(42(39,40)29-17-5-23(2)6-18-29)20-30(37)35-33-19-24-7-15-28(16-8-24)41-21-31(38)34-26-11-9-25(32)10-12-26/h3-19H,20-21H2,1-2H3,(H,34,38)(H,35,37)/b33-19-. The van der Waals surface area contributed by atoms with Crippen molar-refractivity contribution >= 4 is 39.4 Å². The lowest BCUT2D eigenvalue weighted by atomic mass is 10.2. The molecule has 0 fully saturated rings. The maximum atomic E-state index is 13.4. The highest BCUT2D eigenvalue weighted by molar-refractivity contribution is 7.92. The van der Waals surface area contributed by atoms with Gasteiger partial charge in [-0.25, -0.2) is 18.2 Å². The van der Waals surface area contributed by atoms with Crippen LogP contribution in [0.4, 0.5) is 15.8 Å². The van der Waals surface area contributed by atoms with Crippen molar-refractivity contribution in [2.45, 2.75) is 18.7 Å². The molecule has 0 aliphatic heterocycles. The number of anilines is 2. The van der Waals surface area contributed by atoms with Gasteiger partial charge in [0.15, 0.2) is 6.61 Å². The number of hydrogen-bond donors (Lipinski definition) is 2. The fourth-order valence-electron chi connectivity index (χ4n) is 3.74. The molecule has 4 aromatic carbocycles. The van der Waals surface area contributed by atoms with E-state index in [-0.39, 0.29) is 11.5 Å². The van der Waals surface area contributed by atoms with Crippen LogP contribution in [0.1, 0.15) is 16.7 Å². The third-order valence-electron chi connectivity index (χ3n) is 6.00. The zero-order valence-corrected chi connectivity index (χ0v) is 23.8. The predicted molar refractivity (Wildman–Crippen MR) is 160 cm³/mol. The van der Waals surface area contributed by atoms with Crippen LogP contribution in [0.25, 0.3) is 0 Å². The molecule has 216 valence electrons. The number of sulfonamides is 1. The predicted octanol–water partition coefficient (Wildman–Crippen LogP) is 4.81. The number of halogens is 1. The highest BCUT2D eigenvalue weighted by Crippen LogP contribution is 2.24. The van der Waals surface area contributed by atoms with Gasteiger partial charge in [-0.2, -0.15) is 5.10 Å². The van der Waals surface area contributed by atoms with E-state index < -0.39 is 34.2 Å². The Morgan fingerprint density at radius 3 is 2.05 bits per heavy atom. The van der Waals surface area contributed by atoms with Crippen molar-refractivity contribution in [3.63, 3.8) is 0 Å². The first-order valence-electron chi connectivity index (χ1n) is 12.9. The van der Waals surface area contributed by atoms with Gasteiger partial charge >= 0.3 is 0 Å². The van der Waals surface area contributed by atoms with E-state index in [1.165, 1.54) is 42.6 Å². The fraction of sp³-hybridized carbons (Fsp3) is 0.129. The summed E-state index contributed by atoms with van der Waals surface area (Å²) in [5.74, 6) is -1.00. The second-order valence-electron chi connectivity index (χ2n) is 9.37. The van der Waals surface area contributed by atoms with Crippen LogP contribution in [0.15, 0.2) is 107 Å². The summed E-state index contributed by atoms with van der Waals surface area (Å²) in [6.07, 6.45) is 1.40. The van der Waals surface area contributed by atoms with Crippen molar-refractivity contribution in [3.05, 3.63) is 120 Å². The molecule has 0 spiro atoms. The van der Waals surface area contributed by atoms with Crippen LogP contribution in [0.3, 0.4) is 0 Å². The first kappa shape index (κ1) is 29.9. The Bertz CT molecular complexity index is 1660. The molecule has 0 saturated heterocycles. The molecular formula is C31H29FN4O5S. The molecule has 4 aromatic rings. The molecule has 0 radical (unpaired) electrons. The van der Waals surface area contributed by atoms with Crippen molar-refractivity contribution in [1.82, 2.24) is 5.43 Å². The number of nitrogens with zero attached hydrogens (tertiary/aromatic N) is 2. The minimum Gasteiger partial charge on any atom is -0.484 e. The Kier molecular flexibility index (Phi) is 9.66. The van der Waals surface area contributed by atoms with Gasteiger partial charge in [0.1, 0.15) is 18.1 Å². The van der Waals surface area contributed by atoms with Crippen LogP contribution >= 0.6 is 0 Å². The molecule has 0 bridgehead atoms. The smallest absolute Gasteiger partial charge is 0.264 e. The van der Waals surface area contributed by atoms with Gasteiger partial charge in [-0.1, -0.05) is 35.4 Å². The molecule has 0 heterocycles. The van der Waals surface area contributed by atoms with Crippen LogP contribution in [0, 0.1) is 19.7 Å². The lowest BCUT2D eigenvalue weighted by Gasteiger charge is -2.24. The first-order valence-corrected chi connectivity index (χ1v) is 14.3. The van der Waals surface area contributed by atoms with E-state index in [9.17, 15) is 22.4 Å². The van der Waals surface area contributed by atoms with Gasteiger partial charge in [0.25, 0.3) is 21.8 Å². The summed E-state index contributed by atoms with van der Waals surface area (Å²) < 4.78 is 46.4. The molecule has 0 aromatic heterocycles. The van der Waals surface area contributed by atoms with Crippen molar-refractivity contribution < 1.29 is 27.1 Å². The van der Waals surface area contributed by atoms with E-state index in [1.807, 2.05) is 13.8 Å². The average Bonchev–Trinajstić information content (AvgIpc) is 2.97. The molecule has 0 saturated carbocycles. The average molecular weight is 589 g/mol. The Morgan fingerprint density at radius 2 is 1.43 bits per heavy atom. The third-order valence-corrected chi connectivity index (χ3v) is 7.79. The summed E-state index contributed by atoms with van der Waals surface area (Å²) in [4.78, 5) is 24.9. The monoisotopic (exact) mass is 588 g/mol. The summed E-state index contributed by atoms with van der Waals surface area (Å²) >= 11 is 0. The Hall–Kier alpha value is -5.03. The normalized spacial score (nSPS) is 11.2. The summed E-state index contributed by atoms with van der Waals surface area (Å²) in [5, 5.41) is 6.55. The molecule has 0 atom stereocenters. The highest BCUT2D eigenvalue weighted by atomic mass is 32.2. The van der Waals surface area contributed by atoms with E-state index in [0.29, 0.717) is 22.7 Å². The SMILES string of the molecule is Cc1ccc(N(CC(=O)N/N=C\c2ccc(OCC(=O)Nc3ccc(F)cc3)cc2)S(=O)(=O)c2ccc(C)cc2)cc1. The number of aryl methyl sites for hydroxylation is 2. The van der Waals surface area contributed by atoms with Crippen LogP contribution in [-0.2, 0) is 19.6 Å². The van der Waals surface area contributed by atoms with E-state index in [1.54, 1.807) is 60.7 Å². The van der Waals surface area contributed by atoms with Crippen molar-refractivity contribution in [2.75, 3.05) is 22.8 Å². The molecule has 2 amide bonds. The van der Waals surface area contributed by atoms with Crippen LogP contribution < -0.4 is 19.8 Å². The quantitative estimate of drug-likeness (QED) is 0.193. The van der Waals surface area contributed by atoms with Crippen molar-refractivity contribution in [2.24, 2.45) is 5.10 Å². The van der Waals surface area contributed by atoms with Gasteiger partial charge < -0.3 is 10.1 Å². The third kappa shape index (κ3) is 8.24. The molecule has 42 heavy (non-hydrogen) atoms. The summed E-state index contributed by atoms with van der Waals surface area (Å²) in [5.41, 5.74) is 5.66. The summed E-state index contributed by atoms with van der Waals surface area (Å²) in [6, 6.07) is 25.2. The van der Waals surface area contributed by atoms with Crippen LogP contribution in [-0.4, -0.2) is 39.6 Å². The Balaban J connectivity index is 1.34. The summed E-state index contributed by atoms with van der Waals surface area (Å²) in [6.45, 7) is 3.01. The first-order chi connectivity index (χ1) is 20.1. The number of carbonyl (C=O) groups excluding carboxylic acids is 2. The van der Waals surface area contributed by atoms with Gasteiger partial charge in [-0.3, -0.25) is 13.9 Å². The van der Waals surface area contributed by atoms with Gasteiger partial charge in [0.05, 0.1) is 16.8 Å². The van der Waals surface area contributed by atoms with E-state index in [4.69, 9.17) is 4.74 Å². The van der Waals surface area contributed by atoms with Gasteiger partial charge in [-0.15, -0.1) is 0 Å². The van der Waals surface area contributed by atoms with Gasteiger partial charge in [0.2, 0.25) is 0 Å². The van der Waals surface area contributed by atoms with Gasteiger partial charge in [0, 0.05) is 5.69 Å². The number of benzene rings is 4. The molecule has 9 nitrogen and oxygen atoms in total. The zero-order chi connectivity index (χ0) is 30.1. The second-order valence-corrected chi connectivity index (χ2v) is 11.2. The summed E-state index contributed by atoms with van der Waals surface area (Å²) in [7, 11) is -4.03. The topological polar surface area (TPSA) is 117 Å². The van der Waals surface area contributed by atoms with Crippen molar-refractivity contribution in [1.29, 1.82) is 0 Å². The number of carbonyl (C=O) groups is 2. The molecule has 0 aliphatic carbocycles. The largest absolute Gasteiger partial charge is 0.484 e. The molecule has 4 rings (SSSR count). The number of hydrogen-bond acceptors (Lipinski definition) is 6. The minimum atomic E-state index is -4.03. The Labute approximate surface area is 243 Å². The maximum absolute atomic E-state index is 13.4. The molecule has 0 aliphatic rings. The van der Waals surface area contributed by atoms with Gasteiger partial charge in [-0.05, 0) is 92.2 Å². The molecule has 11 heteroatoms. The number of rotatable bonds is 11. The van der Waals surface area contributed by atoms with Crippen molar-refractivity contribution in [3.8, 4) is 5.75 Å². The molecule has 2 N–H and O–H groups in total. The second kappa shape index (κ2) is 13.6.